The van der Waals surface area contributed by atoms with Crippen molar-refractivity contribution in [2.24, 2.45) is 0 Å². The zero-order valence-electron chi connectivity index (χ0n) is 13.5. The van der Waals surface area contributed by atoms with Crippen LogP contribution in [0.2, 0.25) is 0 Å². The van der Waals surface area contributed by atoms with Gasteiger partial charge in [-0.2, -0.15) is 0 Å². The molecule has 4 rings (SSSR count). The number of hydrogen-bond donors (Lipinski definition) is 0. The lowest BCUT2D eigenvalue weighted by atomic mass is 10.2. The van der Waals surface area contributed by atoms with Crippen molar-refractivity contribution in [1.82, 2.24) is 14.9 Å². The quantitative estimate of drug-likeness (QED) is 0.527. The molecule has 124 valence electrons. The summed E-state index contributed by atoms with van der Waals surface area (Å²) in [5.41, 5.74) is 2.06. The summed E-state index contributed by atoms with van der Waals surface area (Å²) in [6.07, 6.45) is 3.48. The zero-order chi connectivity index (χ0) is 17.2. The number of aromatic nitrogens is 2. The molecule has 0 atom stereocenters. The molecule has 0 N–H and O–H groups in total. The Morgan fingerprint density at radius 3 is 2.64 bits per heavy atom. The van der Waals surface area contributed by atoms with Gasteiger partial charge >= 0.3 is 0 Å². The highest BCUT2D eigenvalue weighted by Gasteiger charge is 2.16. The van der Waals surface area contributed by atoms with E-state index in [0.29, 0.717) is 6.54 Å². The van der Waals surface area contributed by atoms with Crippen molar-refractivity contribution in [1.29, 1.82) is 0 Å². The number of thiazole rings is 1. The van der Waals surface area contributed by atoms with E-state index >= 15 is 0 Å². The Balaban J connectivity index is 1.54. The SMILES string of the molecule is CN(Cc1ccncc1)C(=O)c1ccc(-c2nc3ccccc3s2)s1. The Morgan fingerprint density at radius 1 is 1.04 bits per heavy atom. The van der Waals surface area contributed by atoms with Gasteiger partial charge in [0.25, 0.3) is 5.91 Å². The van der Waals surface area contributed by atoms with Crippen molar-refractivity contribution in [2.75, 3.05) is 7.05 Å². The summed E-state index contributed by atoms with van der Waals surface area (Å²) in [5, 5.41) is 0.960. The van der Waals surface area contributed by atoms with Gasteiger partial charge in [0, 0.05) is 26.0 Å². The highest BCUT2D eigenvalue weighted by molar-refractivity contribution is 7.26. The monoisotopic (exact) mass is 365 g/mol. The maximum absolute atomic E-state index is 12.7. The summed E-state index contributed by atoms with van der Waals surface area (Å²) in [7, 11) is 1.82. The van der Waals surface area contributed by atoms with Crippen LogP contribution in [-0.4, -0.2) is 27.8 Å². The molecular formula is C19H15N3OS2. The standard InChI is InChI=1S/C19H15N3OS2/c1-22(12-13-8-10-20-11-9-13)19(23)17-7-6-16(24-17)18-21-14-4-2-3-5-15(14)25-18/h2-11H,12H2,1H3. The van der Waals surface area contributed by atoms with Crippen LogP contribution >= 0.6 is 22.7 Å². The molecular weight excluding hydrogens is 350 g/mol. The van der Waals surface area contributed by atoms with Gasteiger partial charge in [-0.15, -0.1) is 22.7 Å². The van der Waals surface area contributed by atoms with Gasteiger partial charge in [-0.1, -0.05) is 12.1 Å². The van der Waals surface area contributed by atoms with E-state index in [1.165, 1.54) is 11.3 Å². The molecule has 0 saturated heterocycles. The topological polar surface area (TPSA) is 46.1 Å². The van der Waals surface area contributed by atoms with Gasteiger partial charge in [-0.3, -0.25) is 9.78 Å². The van der Waals surface area contributed by atoms with Gasteiger partial charge in [0.2, 0.25) is 0 Å². The molecule has 4 nitrogen and oxygen atoms in total. The van der Waals surface area contributed by atoms with Crippen LogP contribution in [0.15, 0.2) is 60.9 Å². The van der Waals surface area contributed by atoms with Crippen LogP contribution in [0.1, 0.15) is 15.2 Å². The second-order valence-corrected chi connectivity index (χ2v) is 7.78. The number of para-hydroxylation sites is 1. The Bertz CT molecular complexity index is 990. The molecule has 1 amide bonds. The Hall–Kier alpha value is -2.57. The van der Waals surface area contributed by atoms with Gasteiger partial charge in [-0.25, -0.2) is 4.98 Å². The third kappa shape index (κ3) is 3.31. The molecule has 0 spiro atoms. The Labute approximate surface area is 153 Å². The molecule has 3 heterocycles. The molecule has 0 saturated carbocycles. The molecule has 0 radical (unpaired) electrons. The molecule has 1 aromatic carbocycles. The van der Waals surface area contributed by atoms with Gasteiger partial charge in [0.1, 0.15) is 5.01 Å². The summed E-state index contributed by atoms with van der Waals surface area (Å²) < 4.78 is 1.16. The zero-order valence-corrected chi connectivity index (χ0v) is 15.2. The van der Waals surface area contributed by atoms with Gasteiger partial charge in [-0.05, 0) is 42.0 Å². The predicted octanol–water partition coefficient (Wildman–Crippen LogP) is 4.69. The lowest BCUT2D eigenvalue weighted by Gasteiger charge is -2.16. The first kappa shape index (κ1) is 15.9. The van der Waals surface area contributed by atoms with E-state index in [0.717, 1.165) is 30.5 Å². The first-order valence-corrected chi connectivity index (χ1v) is 9.44. The number of carbonyl (C=O) groups excluding carboxylic acids is 1. The minimum Gasteiger partial charge on any atom is -0.337 e. The molecule has 0 fully saturated rings. The third-order valence-corrected chi connectivity index (χ3v) is 6.12. The fraction of sp³-hybridized carbons (Fsp3) is 0.105. The largest absolute Gasteiger partial charge is 0.337 e. The molecule has 25 heavy (non-hydrogen) atoms. The lowest BCUT2D eigenvalue weighted by molar-refractivity contribution is 0.0790. The fourth-order valence-corrected chi connectivity index (χ4v) is 4.59. The summed E-state index contributed by atoms with van der Waals surface area (Å²) in [6, 6.07) is 15.8. The van der Waals surface area contributed by atoms with Crippen LogP contribution in [-0.2, 0) is 6.54 Å². The maximum atomic E-state index is 12.7. The van der Waals surface area contributed by atoms with Crippen LogP contribution < -0.4 is 0 Å². The summed E-state index contributed by atoms with van der Waals surface area (Å²) in [5.74, 6) is 0.0224. The number of fused-ring (bicyclic) bond motifs is 1. The minimum absolute atomic E-state index is 0.0224. The van der Waals surface area contributed by atoms with Gasteiger partial charge in [0.05, 0.1) is 20.0 Å². The van der Waals surface area contributed by atoms with Crippen molar-refractivity contribution in [3.8, 4) is 9.88 Å². The number of nitrogens with zero attached hydrogens (tertiary/aromatic N) is 3. The number of pyridine rings is 1. The second-order valence-electron chi connectivity index (χ2n) is 5.67. The van der Waals surface area contributed by atoms with E-state index < -0.39 is 0 Å². The van der Waals surface area contributed by atoms with Crippen LogP contribution in [0.4, 0.5) is 0 Å². The number of benzene rings is 1. The van der Waals surface area contributed by atoms with E-state index in [9.17, 15) is 4.79 Å². The van der Waals surface area contributed by atoms with Crippen LogP contribution in [0, 0.1) is 0 Å². The average molecular weight is 365 g/mol. The maximum Gasteiger partial charge on any atom is 0.263 e. The summed E-state index contributed by atoms with van der Waals surface area (Å²) in [6.45, 7) is 0.565. The molecule has 0 aliphatic carbocycles. The van der Waals surface area contributed by atoms with E-state index in [1.807, 2.05) is 49.5 Å². The van der Waals surface area contributed by atoms with E-state index in [2.05, 4.69) is 16.0 Å². The van der Waals surface area contributed by atoms with Crippen LogP contribution in [0.5, 0.6) is 0 Å². The molecule has 0 unspecified atom stereocenters. The van der Waals surface area contributed by atoms with Crippen LogP contribution in [0.3, 0.4) is 0 Å². The van der Waals surface area contributed by atoms with Gasteiger partial charge < -0.3 is 4.90 Å². The van der Waals surface area contributed by atoms with E-state index in [4.69, 9.17) is 0 Å². The molecule has 0 aliphatic heterocycles. The van der Waals surface area contributed by atoms with Crippen molar-refractivity contribution in [3.63, 3.8) is 0 Å². The molecule has 6 heteroatoms. The molecule has 0 bridgehead atoms. The second kappa shape index (κ2) is 6.74. The summed E-state index contributed by atoms with van der Waals surface area (Å²) in [4.78, 5) is 24.8. The Morgan fingerprint density at radius 2 is 1.84 bits per heavy atom. The fourth-order valence-electron chi connectivity index (χ4n) is 2.57. The van der Waals surface area contributed by atoms with Crippen molar-refractivity contribution in [3.05, 3.63) is 71.4 Å². The molecule has 4 aromatic rings. The first-order valence-electron chi connectivity index (χ1n) is 7.81. The Kier molecular flexibility index (Phi) is 4.29. The van der Waals surface area contributed by atoms with Crippen molar-refractivity contribution < 1.29 is 4.79 Å². The number of hydrogen-bond acceptors (Lipinski definition) is 5. The third-order valence-electron chi connectivity index (χ3n) is 3.84. The average Bonchev–Trinajstić information content (AvgIpc) is 3.28. The normalized spacial score (nSPS) is 10.9. The summed E-state index contributed by atoms with van der Waals surface area (Å²) >= 11 is 3.15. The van der Waals surface area contributed by atoms with E-state index in [1.54, 1.807) is 28.6 Å². The number of amides is 1. The number of thiophene rings is 1. The smallest absolute Gasteiger partial charge is 0.263 e. The van der Waals surface area contributed by atoms with Crippen molar-refractivity contribution >= 4 is 38.8 Å². The highest BCUT2D eigenvalue weighted by atomic mass is 32.1. The van der Waals surface area contributed by atoms with Gasteiger partial charge in [0.15, 0.2) is 0 Å². The van der Waals surface area contributed by atoms with Crippen LogP contribution in [0.25, 0.3) is 20.1 Å². The number of rotatable bonds is 4. The highest BCUT2D eigenvalue weighted by Crippen LogP contribution is 2.34. The predicted molar refractivity (Wildman–Crippen MR) is 103 cm³/mol. The molecule has 3 aromatic heterocycles. The number of carbonyl (C=O) groups is 1. The van der Waals surface area contributed by atoms with E-state index in [-0.39, 0.29) is 5.91 Å². The lowest BCUT2D eigenvalue weighted by Crippen LogP contribution is -2.25. The minimum atomic E-state index is 0.0224. The molecule has 0 aliphatic rings. The van der Waals surface area contributed by atoms with Crippen molar-refractivity contribution in [2.45, 2.75) is 6.54 Å². The first-order chi connectivity index (χ1) is 12.2.